The van der Waals surface area contributed by atoms with Crippen LogP contribution < -0.4 is 0 Å². The van der Waals surface area contributed by atoms with Gasteiger partial charge < -0.3 is 4.57 Å². The van der Waals surface area contributed by atoms with E-state index in [2.05, 4.69) is 5.10 Å². The highest BCUT2D eigenvalue weighted by atomic mass is 16.1. The summed E-state index contributed by atoms with van der Waals surface area (Å²) < 4.78 is 3.76. The smallest absolute Gasteiger partial charge is 0.185 e. The molecule has 1 aromatic carbocycles. The Morgan fingerprint density at radius 3 is 2.59 bits per heavy atom. The standard InChI is InChI=1S/C18H17N3O/c1-14-12-16(19-20(14)2)8-9-18(22)15-6-5-7-17(13-15)21-10-3-4-11-21/h3-13H,1-2H3/b9-8+. The molecule has 4 heteroatoms. The molecule has 0 N–H and O–H groups in total. The van der Waals surface area contributed by atoms with Gasteiger partial charge in [0.25, 0.3) is 0 Å². The van der Waals surface area contributed by atoms with Crippen LogP contribution in [0.4, 0.5) is 0 Å². The molecule has 0 amide bonds. The van der Waals surface area contributed by atoms with Gasteiger partial charge in [-0.1, -0.05) is 12.1 Å². The van der Waals surface area contributed by atoms with Gasteiger partial charge in [-0.25, -0.2) is 0 Å². The fourth-order valence-corrected chi connectivity index (χ4v) is 2.25. The van der Waals surface area contributed by atoms with Crippen LogP contribution in [0.2, 0.25) is 0 Å². The van der Waals surface area contributed by atoms with Crippen molar-refractivity contribution in [2.75, 3.05) is 0 Å². The lowest BCUT2D eigenvalue weighted by Crippen LogP contribution is -1.97. The van der Waals surface area contributed by atoms with E-state index in [4.69, 9.17) is 0 Å². The second kappa shape index (κ2) is 5.85. The van der Waals surface area contributed by atoms with E-state index >= 15 is 0 Å². The molecule has 110 valence electrons. The number of hydrogen-bond donors (Lipinski definition) is 0. The molecule has 0 spiro atoms. The Kier molecular flexibility index (Phi) is 3.74. The second-order valence-corrected chi connectivity index (χ2v) is 5.17. The van der Waals surface area contributed by atoms with Gasteiger partial charge in [0.2, 0.25) is 0 Å². The van der Waals surface area contributed by atoms with Crippen molar-refractivity contribution in [1.29, 1.82) is 0 Å². The summed E-state index contributed by atoms with van der Waals surface area (Å²) in [5.74, 6) is -0.0303. The number of rotatable bonds is 4. The lowest BCUT2D eigenvalue weighted by atomic mass is 10.1. The summed E-state index contributed by atoms with van der Waals surface area (Å²) in [5, 5.41) is 4.31. The molecule has 22 heavy (non-hydrogen) atoms. The van der Waals surface area contributed by atoms with Gasteiger partial charge in [0.05, 0.1) is 5.69 Å². The third kappa shape index (κ3) is 2.91. The normalized spacial score (nSPS) is 11.2. The minimum atomic E-state index is -0.0303. The molecule has 2 aromatic heterocycles. The summed E-state index contributed by atoms with van der Waals surface area (Å²) in [6, 6.07) is 13.4. The zero-order valence-electron chi connectivity index (χ0n) is 12.6. The van der Waals surface area contributed by atoms with Crippen molar-refractivity contribution in [2.24, 2.45) is 7.05 Å². The molecule has 0 aliphatic rings. The predicted molar refractivity (Wildman–Crippen MR) is 87.1 cm³/mol. The Hall–Kier alpha value is -2.88. The highest BCUT2D eigenvalue weighted by Gasteiger charge is 2.04. The van der Waals surface area contributed by atoms with Crippen LogP contribution in [-0.2, 0) is 7.05 Å². The zero-order chi connectivity index (χ0) is 15.5. The zero-order valence-corrected chi connectivity index (χ0v) is 12.6. The SMILES string of the molecule is Cc1cc(/C=C/C(=O)c2cccc(-n3cccc3)c2)nn1C. The number of carbonyl (C=O) groups excluding carboxylic acids is 1. The fourth-order valence-electron chi connectivity index (χ4n) is 2.25. The van der Waals surface area contributed by atoms with Crippen LogP contribution in [0.25, 0.3) is 11.8 Å². The third-order valence-electron chi connectivity index (χ3n) is 3.57. The number of ketones is 1. The van der Waals surface area contributed by atoms with Crippen molar-refractivity contribution < 1.29 is 4.79 Å². The molecule has 0 aliphatic carbocycles. The molecule has 0 fully saturated rings. The summed E-state index contributed by atoms with van der Waals surface area (Å²) in [6.45, 7) is 1.98. The van der Waals surface area contributed by atoms with Gasteiger partial charge in [-0.3, -0.25) is 9.48 Å². The lowest BCUT2D eigenvalue weighted by Gasteiger charge is -2.04. The van der Waals surface area contributed by atoms with Gasteiger partial charge in [-0.15, -0.1) is 0 Å². The van der Waals surface area contributed by atoms with Crippen LogP contribution in [0.15, 0.2) is 60.9 Å². The molecule has 0 saturated carbocycles. The van der Waals surface area contributed by atoms with Crippen molar-refractivity contribution in [3.05, 3.63) is 77.9 Å². The number of aromatic nitrogens is 3. The second-order valence-electron chi connectivity index (χ2n) is 5.17. The first-order chi connectivity index (χ1) is 10.6. The van der Waals surface area contributed by atoms with E-state index in [0.717, 1.165) is 17.1 Å². The molecular weight excluding hydrogens is 274 g/mol. The number of allylic oxidation sites excluding steroid dienone is 1. The first-order valence-electron chi connectivity index (χ1n) is 7.10. The van der Waals surface area contributed by atoms with Gasteiger partial charge in [0.1, 0.15) is 0 Å². The van der Waals surface area contributed by atoms with Gasteiger partial charge in [0, 0.05) is 36.4 Å². The van der Waals surface area contributed by atoms with Crippen molar-refractivity contribution >= 4 is 11.9 Å². The summed E-state index contributed by atoms with van der Waals surface area (Å²) in [5.41, 5.74) is 3.48. The van der Waals surface area contributed by atoms with Crippen molar-refractivity contribution in [3.63, 3.8) is 0 Å². The van der Waals surface area contributed by atoms with Crippen LogP contribution in [0, 0.1) is 6.92 Å². The van der Waals surface area contributed by atoms with Gasteiger partial charge in [-0.2, -0.15) is 5.10 Å². The Bertz CT molecular complexity index is 806. The Morgan fingerprint density at radius 2 is 1.91 bits per heavy atom. The summed E-state index contributed by atoms with van der Waals surface area (Å²) >= 11 is 0. The summed E-state index contributed by atoms with van der Waals surface area (Å²) in [4.78, 5) is 12.3. The van der Waals surface area contributed by atoms with Gasteiger partial charge in [-0.05, 0) is 49.4 Å². The Labute approximate surface area is 129 Å². The topological polar surface area (TPSA) is 39.8 Å². The van der Waals surface area contributed by atoms with Crippen LogP contribution in [0.3, 0.4) is 0 Å². The highest BCUT2D eigenvalue weighted by Crippen LogP contribution is 2.12. The molecule has 3 aromatic rings. The third-order valence-corrected chi connectivity index (χ3v) is 3.57. The van der Waals surface area contributed by atoms with E-state index in [0.29, 0.717) is 5.56 Å². The molecule has 0 saturated heterocycles. The number of hydrogen-bond acceptors (Lipinski definition) is 2. The van der Waals surface area contributed by atoms with Gasteiger partial charge in [0.15, 0.2) is 5.78 Å². The maximum Gasteiger partial charge on any atom is 0.185 e. The van der Waals surface area contributed by atoms with E-state index < -0.39 is 0 Å². The molecule has 0 aliphatic heterocycles. The molecule has 0 bridgehead atoms. The molecule has 0 radical (unpaired) electrons. The summed E-state index contributed by atoms with van der Waals surface area (Å²) in [7, 11) is 1.88. The minimum absolute atomic E-state index is 0.0303. The van der Waals surface area contributed by atoms with Crippen LogP contribution in [-0.4, -0.2) is 20.1 Å². The predicted octanol–water partition coefficient (Wildman–Crippen LogP) is 3.42. The number of benzene rings is 1. The first-order valence-corrected chi connectivity index (χ1v) is 7.10. The molecule has 0 atom stereocenters. The monoisotopic (exact) mass is 291 g/mol. The number of nitrogens with zero attached hydrogens (tertiary/aromatic N) is 3. The molecular formula is C18H17N3O. The fraction of sp³-hybridized carbons (Fsp3) is 0.111. The van der Waals surface area contributed by atoms with E-state index in [1.54, 1.807) is 16.8 Å². The maximum absolute atomic E-state index is 12.3. The largest absolute Gasteiger partial charge is 0.324 e. The molecule has 4 nitrogen and oxygen atoms in total. The first kappa shape index (κ1) is 14.1. The van der Waals surface area contributed by atoms with E-state index in [1.807, 2.05) is 73.4 Å². The number of aryl methyl sites for hydroxylation is 2. The van der Waals surface area contributed by atoms with Crippen molar-refractivity contribution in [2.45, 2.75) is 6.92 Å². The van der Waals surface area contributed by atoms with Crippen LogP contribution in [0.5, 0.6) is 0 Å². The van der Waals surface area contributed by atoms with Crippen LogP contribution in [0.1, 0.15) is 21.7 Å². The maximum atomic E-state index is 12.3. The Morgan fingerprint density at radius 1 is 1.14 bits per heavy atom. The quantitative estimate of drug-likeness (QED) is 0.546. The van der Waals surface area contributed by atoms with E-state index in [1.165, 1.54) is 0 Å². The summed E-state index contributed by atoms with van der Waals surface area (Å²) in [6.07, 6.45) is 7.22. The molecule has 2 heterocycles. The lowest BCUT2D eigenvalue weighted by molar-refractivity contribution is 0.104. The van der Waals surface area contributed by atoms with Crippen LogP contribution >= 0.6 is 0 Å². The van der Waals surface area contributed by atoms with E-state index in [9.17, 15) is 4.79 Å². The number of carbonyl (C=O) groups is 1. The minimum Gasteiger partial charge on any atom is -0.324 e. The van der Waals surface area contributed by atoms with Crippen molar-refractivity contribution in [3.8, 4) is 5.69 Å². The average Bonchev–Trinajstić information content (AvgIpc) is 3.16. The molecule has 3 rings (SSSR count). The van der Waals surface area contributed by atoms with Crippen molar-refractivity contribution in [1.82, 2.24) is 14.3 Å². The average molecular weight is 291 g/mol. The highest BCUT2D eigenvalue weighted by molar-refractivity contribution is 6.07. The van der Waals surface area contributed by atoms with Gasteiger partial charge >= 0.3 is 0 Å². The molecule has 0 unspecified atom stereocenters. The van der Waals surface area contributed by atoms with E-state index in [-0.39, 0.29) is 5.78 Å². The Balaban J connectivity index is 1.82.